The summed E-state index contributed by atoms with van der Waals surface area (Å²) < 4.78 is 6.55. The van der Waals surface area contributed by atoms with Crippen molar-refractivity contribution in [2.75, 3.05) is 4.90 Å². The van der Waals surface area contributed by atoms with E-state index in [9.17, 15) is 0 Å². The van der Waals surface area contributed by atoms with Gasteiger partial charge in [0.2, 0.25) is 0 Å². The van der Waals surface area contributed by atoms with Crippen LogP contribution in [0.1, 0.15) is 5.56 Å². The molecule has 0 bridgehead atoms. The van der Waals surface area contributed by atoms with Gasteiger partial charge in [-0.15, -0.1) is 0 Å². The van der Waals surface area contributed by atoms with Crippen LogP contribution < -0.4 is 9.64 Å². The van der Waals surface area contributed by atoms with Gasteiger partial charge in [-0.25, -0.2) is 0 Å². The minimum atomic E-state index is -0.0857. The van der Waals surface area contributed by atoms with Crippen LogP contribution in [0, 0.1) is 0 Å². The molecule has 0 radical (unpaired) electrons. The standard InChI is InChI=1S/C34H24N2O/c1-2-9-25(10-3-1)36-30-12-6-7-13-32(30)37-33-21-24(16-19-31(33)36)23-14-17-27-29(20-23)35-28-18-15-22-8-4-5-11-26(22)34(27)28/h1-21,31,33,35H. The van der Waals surface area contributed by atoms with E-state index in [0.717, 1.165) is 17.0 Å². The highest BCUT2D eigenvalue weighted by Crippen LogP contribution is 2.43. The lowest BCUT2D eigenvalue weighted by atomic mass is 9.91. The molecule has 176 valence electrons. The molecule has 0 saturated heterocycles. The average Bonchev–Trinajstić information content (AvgIpc) is 3.34. The minimum absolute atomic E-state index is 0.0857. The van der Waals surface area contributed by atoms with Gasteiger partial charge >= 0.3 is 0 Å². The molecule has 0 amide bonds. The molecule has 2 heterocycles. The number of aromatic amines is 1. The maximum absolute atomic E-state index is 6.55. The van der Waals surface area contributed by atoms with Crippen molar-refractivity contribution < 1.29 is 4.74 Å². The van der Waals surface area contributed by atoms with Crippen LogP contribution >= 0.6 is 0 Å². The van der Waals surface area contributed by atoms with Crippen LogP contribution in [0.2, 0.25) is 0 Å². The molecule has 5 aromatic carbocycles. The van der Waals surface area contributed by atoms with Crippen LogP contribution in [0.25, 0.3) is 38.2 Å². The molecule has 3 heteroatoms. The number of ether oxygens (including phenoxy) is 1. The van der Waals surface area contributed by atoms with Gasteiger partial charge in [-0.2, -0.15) is 0 Å². The zero-order valence-electron chi connectivity index (χ0n) is 20.1. The zero-order chi connectivity index (χ0) is 24.3. The van der Waals surface area contributed by atoms with E-state index in [4.69, 9.17) is 4.74 Å². The number of fused-ring (bicyclic) bond motifs is 7. The van der Waals surface area contributed by atoms with Gasteiger partial charge < -0.3 is 14.6 Å². The van der Waals surface area contributed by atoms with Crippen molar-refractivity contribution in [3.05, 3.63) is 133 Å². The number of H-pyrrole nitrogens is 1. The number of anilines is 2. The molecule has 37 heavy (non-hydrogen) atoms. The summed E-state index contributed by atoms with van der Waals surface area (Å²) in [7, 11) is 0. The fraction of sp³-hybridized carbons (Fsp3) is 0.0588. The highest BCUT2D eigenvalue weighted by molar-refractivity contribution is 6.20. The maximum Gasteiger partial charge on any atom is 0.144 e. The Labute approximate surface area is 214 Å². The average molecular weight is 477 g/mol. The molecule has 2 aliphatic rings. The monoisotopic (exact) mass is 476 g/mol. The third-order valence-corrected chi connectivity index (χ3v) is 7.69. The second kappa shape index (κ2) is 7.87. The Kier molecular flexibility index (Phi) is 4.35. The molecule has 1 aromatic heterocycles. The smallest absolute Gasteiger partial charge is 0.144 e. The Morgan fingerprint density at radius 3 is 2.49 bits per heavy atom. The topological polar surface area (TPSA) is 28.3 Å². The van der Waals surface area contributed by atoms with Gasteiger partial charge in [-0.1, -0.05) is 84.9 Å². The van der Waals surface area contributed by atoms with E-state index >= 15 is 0 Å². The van der Waals surface area contributed by atoms with Gasteiger partial charge in [0.25, 0.3) is 0 Å². The number of allylic oxidation sites excluding steroid dienone is 2. The Bertz CT molecular complexity index is 1880. The largest absolute Gasteiger partial charge is 0.482 e. The van der Waals surface area contributed by atoms with Crippen molar-refractivity contribution in [3.63, 3.8) is 0 Å². The van der Waals surface area contributed by atoms with Gasteiger partial charge in [0.15, 0.2) is 0 Å². The van der Waals surface area contributed by atoms with Crippen molar-refractivity contribution in [2.24, 2.45) is 0 Å². The lowest BCUT2D eigenvalue weighted by molar-refractivity contribution is 0.219. The Morgan fingerprint density at radius 2 is 1.54 bits per heavy atom. The lowest BCUT2D eigenvalue weighted by Crippen LogP contribution is -2.46. The first-order chi connectivity index (χ1) is 18.3. The van der Waals surface area contributed by atoms with Crippen LogP contribution in [0.15, 0.2) is 127 Å². The van der Waals surface area contributed by atoms with Gasteiger partial charge in [0, 0.05) is 27.5 Å². The fourth-order valence-electron chi connectivity index (χ4n) is 5.99. The molecular weight excluding hydrogens is 452 g/mol. The fourth-order valence-corrected chi connectivity index (χ4v) is 5.99. The Hall–Kier alpha value is -4.76. The number of para-hydroxylation sites is 3. The number of benzene rings is 5. The molecular formula is C34H24N2O. The third-order valence-electron chi connectivity index (χ3n) is 7.69. The van der Waals surface area contributed by atoms with E-state index in [1.54, 1.807) is 0 Å². The predicted molar refractivity (Wildman–Crippen MR) is 154 cm³/mol. The maximum atomic E-state index is 6.55. The zero-order valence-corrected chi connectivity index (χ0v) is 20.1. The number of hydrogen-bond acceptors (Lipinski definition) is 2. The molecule has 1 N–H and O–H groups in total. The molecule has 0 fully saturated rings. The molecule has 0 saturated carbocycles. The first kappa shape index (κ1) is 20.4. The first-order valence-corrected chi connectivity index (χ1v) is 12.8. The number of nitrogens with zero attached hydrogens (tertiary/aromatic N) is 1. The van der Waals surface area contributed by atoms with Crippen molar-refractivity contribution in [3.8, 4) is 5.75 Å². The summed E-state index contributed by atoms with van der Waals surface area (Å²) in [6.45, 7) is 0. The van der Waals surface area contributed by atoms with E-state index < -0.39 is 0 Å². The van der Waals surface area contributed by atoms with E-state index in [0.29, 0.717) is 0 Å². The molecule has 2 atom stereocenters. The quantitative estimate of drug-likeness (QED) is 0.272. The summed E-state index contributed by atoms with van der Waals surface area (Å²) >= 11 is 0. The van der Waals surface area contributed by atoms with E-state index in [2.05, 4.69) is 131 Å². The van der Waals surface area contributed by atoms with Crippen molar-refractivity contribution in [1.29, 1.82) is 0 Å². The third kappa shape index (κ3) is 3.14. The molecule has 0 spiro atoms. The summed E-state index contributed by atoms with van der Waals surface area (Å²) in [6, 6.07) is 38.7. The van der Waals surface area contributed by atoms with Crippen LogP contribution in [0.5, 0.6) is 5.75 Å². The second-order valence-corrected chi connectivity index (χ2v) is 9.82. The van der Waals surface area contributed by atoms with Crippen molar-refractivity contribution in [1.82, 2.24) is 4.98 Å². The number of nitrogens with one attached hydrogen (secondary N) is 1. The molecule has 2 unspecified atom stereocenters. The number of hydrogen-bond donors (Lipinski definition) is 1. The SMILES string of the molecule is C1=CC2C(C=C1c1ccc3c(c1)[nH]c1ccc4ccccc4c13)Oc1ccccc1N2c1ccccc1. The highest BCUT2D eigenvalue weighted by atomic mass is 16.5. The van der Waals surface area contributed by atoms with Gasteiger partial charge in [0.05, 0.1) is 11.7 Å². The lowest BCUT2D eigenvalue weighted by Gasteiger charge is -2.42. The van der Waals surface area contributed by atoms with Crippen LogP contribution in [-0.4, -0.2) is 17.1 Å². The van der Waals surface area contributed by atoms with Gasteiger partial charge in [0.1, 0.15) is 11.9 Å². The molecule has 1 aliphatic heterocycles. The molecule has 1 aliphatic carbocycles. The Morgan fingerprint density at radius 1 is 0.703 bits per heavy atom. The summed E-state index contributed by atoms with van der Waals surface area (Å²) in [5.74, 6) is 0.913. The summed E-state index contributed by atoms with van der Waals surface area (Å²) in [4.78, 5) is 6.04. The molecule has 8 rings (SSSR count). The minimum Gasteiger partial charge on any atom is -0.482 e. The van der Waals surface area contributed by atoms with Gasteiger partial charge in [-0.05, 0) is 64.4 Å². The van der Waals surface area contributed by atoms with E-state index in [1.807, 2.05) is 6.07 Å². The van der Waals surface area contributed by atoms with E-state index in [-0.39, 0.29) is 12.1 Å². The normalized spacial score (nSPS) is 18.5. The molecule has 3 nitrogen and oxygen atoms in total. The predicted octanol–water partition coefficient (Wildman–Crippen LogP) is 8.40. The highest BCUT2D eigenvalue weighted by Gasteiger charge is 2.35. The summed E-state index contributed by atoms with van der Waals surface area (Å²) in [6.07, 6.45) is 6.72. The molecule has 6 aromatic rings. The van der Waals surface area contributed by atoms with Crippen molar-refractivity contribution >= 4 is 49.5 Å². The summed E-state index contributed by atoms with van der Waals surface area (Å²) in [5, 5.41) is 5.10. The number of aromatic nitrogens is 1. The van der Waals surface area contributed by atoms with Crippen molar-refractivity contribution in [2.45, 2.75) is 12.1 Å². The van der Waals surface area contributed by atoms with Gasteiger partial charge in [-0.3, -0.25) is 0 Å². The Balaban J connectivity index is 1.22. The van der Waals surface area contributed by atoms with E-state index in [1.165, 1.54) is 43.9 Å². The first-order valence-electron chi connectivity index (χ1n) is 12.8. The second-order valence-electron chi connectivity index (χ2n) is 9.82. The number of rotatable bonds is 2. The van der Waals surface area contributed by atoms with Crippen LogP contribution in [0.4, 0.5) is 11.4 Å². The van der Waals surface area contributed by atoms with Crippen LogP contribution in [-0.2, 0) is 0 Å². The summed E-state index contributed by atoms with van der Waals surface area (Å²) in [5.41, 5.74) is 6.96. The van der Waals surface area contributed by atoms with Crippen LogP contribution in [0.3, 0.4) is 0 Å².